The molecule has 5 nitrogen and oxygen atoms in total. The summed E-state index contributed by atoms with van der Waals surface area (Å²) in [5, 5.41) is 3.65. The number of nitrogens with zero attached hydrogens (tertiary/aromatic N) is 2. The van der Waals surface area contributed by atoms with Crippen molar-refractivity contribution in [1.29, 1.82) is 0 Å². The third-order valence-electron chi connectivity index (χ3n) is 5.82. The Bertz CT molecular complexity index is 877. The van der Waals surface area contributed by atoms with E-state index in [1.807, 2.05) is 30.3 Å². The minimum atomic E-state index is -0.430. The summed E-state index contributed by atoms with van der Waals surface area (Å²) < 4.78 is 5.93. The normalized spacial score (nSPS) is 22.5. The van der Waals surface area contributed by atoms with Gasteiger partial charge in [-0.25, -0.2) is 9.78 Å². The van der Waals surface area contributed by atoms with Gasteiger partial charge in [0.1, 0.15) is 18.0 Å². The molecule has 2 atom stereocenters. The molecule has 0 amide bonds. The van der Waals surface area contributed by atoms with Crippen LogP contribution in [0.25, 0.3) is 0 Å². The van der Waals surface area contributed by atoms with Crippen LogP contribution in [-0.2, 0) is 11.3 Å². The molecule has 0 aliphatic heterocycles. The van der Waals surface area contributed by atoms with Gasteiger partial charge in [-0.1, -0.05) is 85.5 Å². The van der Waals surface area contributed by atoms with E-state index in [1.54, 1.807) is 6.92 Å². The first kappa shape index (κ1) is 24.2. The molecule has 1 fully saturated rings. The Morgan fingerprint density at radius 1 is 1.16 bits per heavy atom. The Labute approximate surface area is 203 Å². The second-order valence-corrected chi connectivity index (χ2v) is 11.6. The maximum Gasteiger partial charge on any atom is 0.344 e. The van der Waals surface area contributed by atoms with E-state index in [9.17, 15) is 4.79 Å². The number of aromatic nitrogens is 2. The minimum absolute atomic E-state index is 0.138. The van der Waals surface area contributed by atoms with Gasteiger partial charge >= 0.3 is 5.97 Å². The second-order valence-electron chi connectivity index (χ2n) is 8.61. The van der Waals surface area contributed by atoms with E-state index in [-0.39, 0.29) is 17.9 Å². The zero-order valence-corrected chi connectivity index (χ0v) is 21.2. The molecule has 1 saturated carbocycles. The van der Waals surface area contributed by atoms with E-state index in [0.717, 1.165) is 31.2 Å². The van der Waals surface area contributed by atoms with E-state index in [2.05, 4.69) is 44.8 Å². The van der Waals surface area contributed by atoms with Crippen LogP contribution in [-0.4, -0.2) is 25.4 Å². The number of hydrogen-bond donors (Lipinski definition) is 1. The van der Waals surface area contributed by atoms with Gasteiger partial charge < -0.3 is 10.1 Å². The first-order chi connectivity index (χ1) is 14.8. The summed E-state index contributed by atoms with van der Waals surface area (Å²) >= 11 is 8.76. The van der Waals surface area contributed by atoms with Gasteiger partial charge in [-0.05, 0) is 49.8 Å². The Morgan fingerprint density at radius 2 is 1.87 bits per heavy atom. The molecular formula is C24H31ClIN3O2. The summed E-state index contributed by atoms with van der Waals surface area (Å²) in [6, 6.07) is 9.89. The Morgan fingerprint density at radius 3 is 2.65 bits per heavy atom. The lowest BCUT2D eigenvalue weighted by atomic mass is 9.91. The van der Waals surface area contributed by atoms with Gasteiger partial charge in [-0.2, -0.15) is 4.98 Å². The molecule has 0 radical (unpaired) electrons. The molecule has 1 aliphatic carbocycles. The number of alkyl halides is 1. The molecule has 1 N–H and O–H groups in total. The van der Waals surface area contributed by atoms with Crippen molar-refractivity contribution < 1.29 is 9.53 Å². The van der Waals surface area contributed by atoms with Crippen LogP contribution in [0.15, 0.2) is 30.3 Å². The van der Waals surface area contributed by atoms with Crippen molar-refractivity contribution in [2.45, 2.75) is 81.3 Å². The molecule has 31 heavy (non-hydrogen) atoms. The monoisotopic (exact) mass is 555 g/mol. The van der Waals surface area contributed by atoms with Crippen LogP contribution in [0, 0.1) is 6.92 Å². The predicted octanol–water partition coefficient (Wildman–Crippen LogP) is 6.90. The number of halogens is 2. The van der Waals surface area contributed by atoms with Crippen molar-refractivity contribution >= 4 is 46.0 Å². The Balaban J connectivity index is 1.74. The number of nitrogens with one attached hydrogen (secondary N) is 1. The molecular weight excluding hydrogens is 525 g/mol. The molecule has 1 aliphatic rings. The summed E-state index contributed by atoms with van der Waals surface area (Å²) in [5.74, 6) is 0.0510. The molecule has 1 aromatic heterocycles. The summed E-state index contributed by atoms with van der Waals surface area (Å²) in [4.78, 5) is 21.5. The molecule has 7 heteroatoms. The van der Waals surface area contributed by atoms with Crippen molar-refractivity contribution in [3.05, 3.63) is 52.4 Å². The standard InChI is InChI=1S/C24H31ClIN3O2/c1-17-20(22(30)31-16-18-10-5-3-6-11-18)21(29-23(25)27-17)28-19-12-7-4-8-14-24(2,26)15-9-13-19/h3,5-6,10-11,19H,4,7-9,12-16H2,1-2H3,(H,27,28,29). The highest BCUT2D eigenvalue weighted by Gasteiger charge is 2.24. The van der Waals surface area contributed by atoms with E-state index in [0.29, 0.717) is 20.5 Å². The number of rotatable bonds is 5. The average molecular weight is 556 g/mol. The number of hydrogen-bond acceptors (Lipinski definition) is 5. The molecule has 3 rings (SSSR count). The quantitative estimate of drug-likeness (QED) is 0.188. The third-order valence-corrected chi connectivity index (χ3v) is 7.07. The van der Waals surface area contributed by atoms with Gasteiger partial charge in [-0.3, -0.25) is 0 Å². The number of anilines is 1. The van der Waals surface area contributed by atoms with Gasteiger partial charge in [0.05, 0.1) is 5.69 Å². The van der Waals surface area contributed by atoms with E-state index in [4.69, 9.17) is 16.3 Å². The largest absolute Gasteiger partial charge is 0.457 e. The molecule has 0 saturated heterocycles. The van der Waals surface area contributed by atoms with Crippen LogP contribution in [0.4, 0.5) is 5.82 Å². The first-order valence-corrected chi connectivity index (χ1v) is 12.5. The number of esters is 1. The number of carbonyl (C=O) groups excluding carboxylic acids is 1. The Hall–Kier alpha value is -1.41. The van der Waals surface area contributed by atoms with Crippen molar-refractivity contribution in [1.82, 2.24) is 9.97 Å². The van der Waals surface area contributed by atoms with Crippen LogP contribution in [0.3, 0.4) is 0 Å². The van der Waals surface area contributed by atoms with Crippen LogP contribution in [0.2, 0.25) is 5.28 Å². The highest BCUT2D eigenvalue weighted by molar-refractivity contribution is 14.1. The molecule has 2 unspecified atom stereocenters. The summed E-state index contributed by atoms with van der Waals surface area (Å²) in [7, 11) is 0. The number of ether oxygens (including phenoxy) is 1. The molecule has 0 bridgehead atoms. The molecule has 2 aromatic rings. The predicted molar refractivity (Wildman–Crippen MR) is 134 cm³/mol. The van der Waals surface area contributed by atoms with E-state index in [1.165, 1.54) is 25.7 Å². The highest BCUT2D eigenvalue weighted by atomic mass is 127. The van der Waals surface area contributed by atoms with Crippen LogP contribution >= 0.6 is 34.2 Å². The fraction of sp³-hybridized carbons (Fsp3) is 0.542. The maximum absolute atomic E-state index is 12.9. The zero-order valence-electron chi connectivity index (χ0n) is 18.3. The number of benzene rings is 1. The van der Waals surface area contributed by atoms with Crippen molar-refractivity contribution in [3.63, 3.8) is 0 Å². The third kappa shape index (κ3) is 7.59. The lowest BCUT2D eigenvalue weighted by molar-refractivity contribution is 0.0472. The van der Waals surface area contributed by atoms with Crippen LogP contribution in [0.1, 0.15) is 79.9 Å². The second kappa shape index (κ2) is 11.5. The van der Waals surface area contributed by atoms with E-state index >= 15 is 0 Å². The topological polar surface area (TPSA) is 64.1 Å². The van der Waals surface area contributed by atoms with Gasteiger partial charge in [0.15, 0.2) is 0 Å². The number of carbonyl (C=O) groups is 1. The fourth-order valence-corrected chi connectivity index (χ4v) is 5.04. The van der Waals surface area contributed by atoms with Crippen LogP contribution < -0.4 is 5.32 Å². The van der Waals surface area contributed by atoms with Crippen molar-refractivity contribution in [3.8, 4) is 0 Å². The maximum atomic E-state index is 12.9. The van der Waals surface area contributed by atoms with Crippen molar-refractivity contribution in [2.75, 3.05) is 5.32 Å². The average Bonchev–Trinajstić information content (AvgIpc) is 2.71. The molecule has 1 aromatic carbocycles. The lowest BCUT2D eigenvalue weighted by Gasteiger charge is -2.27. The molecule has 168 valence electrons. The van der Waals surface area contributed by atoms with Gasteiger partial charge in [0.25, 0.3) is 0 Å². The van der Waals surface area contributed by atoms with Crippen LogP contribution in [0.5, 0.6) is 0 Å². The van der Waals surface area contributed by atoms with E-state index < -0.39 is 5.97 Å². The van der Waals surface area contributed by atoms with Gasteiger partial charge in [0, 0.05) is 9.46 Å². The number of aryl methyl sites for hydroxylation is 1. The fourth-order valence-electron chi connectivity index (χ4n) is 4.07. The first-order valence-electron chi connectivity index (χ1n) is 11.0. The zero-order chi connectivity index (χ0) is 22.3. The van der Waals surface area contributed by atoms with Gasteiger partial charge in [0.2, 0.25) is 5.28 Å². The Kier molecular flexibility index (Phi) is 8.95. The molecule has 1 heterocycles. The summed E-state index contributed by atoms with van der Waals surface area (Å²) in [5.41, 5.74) is 1.84. The lowest BCUT2D eigenvalue weighted by Crippen LogP contribution is -2.25. The van der Waals surface area contributed by atoms with Crippen molar-refractivity contribution in [2.24, 2.45) is 0 Å². The van der Waals surface area contributed by atoms with Gasteiger partial charge in [-0.15, -0.1) is 0 Å². The highest BCUT2D eigenvalue weighted by Crippen LogP contribution is 2.33. The molecule has 0 spiro atoms. The summed E-state index contributed by atoms with van der Waals surface area (Å²) in [6.07, 6.45) is 9.37. The summed E-state index contributed by atoms with van der Waals surface area (Å²) in [6.45, 7) is 4.33. The minimum Gasteiger partial charge on any atom is -0.457 e. The smallest absolute Gasteiger partial charge is 0.344 e. The SMILES string of the molecule is Cc1nc(Cl)nc(NC2CCCCCC(C)(I)CCC2)c1C(=O)OCc1ccccc1.